The van der Waals surface area contributed by atoms with E-state index in [4.69, 9.17) is 4.74 Å². The molecule has 1 saturated heterocycles. The number of ether oxygens (including phenoxy) is 1. The lowest BCUT2D eigenvalue weighted by Gasteiger charge is -2.33. The number of piperazine rings is 1. The van der Waals surface area contributed by atoms with E-state index >= 15 is 0 Å². The van der Waals surface area contributed by atoms with Gasteiger partial charge in [-0.15, -0.1) is 0 Å². The zero-order chi connectivity index (χ0) is 20.5. The van der Waals surface area contributed by atoms with Crippen LogP contribution in [0.25, 0.3) is 0 Å². The highest BCUT2D eigenvalue weighted by Gasteiger charge is 2.21. The first-order valence-electron chi connectivity index (χ1n) is 10.1. The van der Waals surface area contributed by atoms with Gasteiger partial charge in [0.1, 0.15) is 5.75 Å². The maximum Gasteiger partial charge on any atom is 0.279 e. The van der Waals surface area contributed by atoms with Gasteiger partial charge in [0.2, 0.25) is 5.91 Å². The summed E-state index contributed by atoms with van der Waals surface area (Å²) >= 11 is 0. The van der Waals surface area contributed by atoms with Crippen LogP contribution in [0.2, 0.25) is 0 Å². The average Bonchev–Trinajstić information content (AvgIpc) is 2.77. The Hall–Kier alpha value is -3.06. The molecular formula is C22H29N4O3+. The molecule has 0 unspecified atom stereocenters. The van der Waals surface area contributed by atoms with Crippen molar-refractivity contribution in [1.82, 2.24) is 10.9 Å². The van der Waals surface area contributed by atoms with Crippen LogP contribution < -0.4 is 25.4 Å². The van der Waals surface area contributed by atoms with Crippen LogP contribution in [-0.2, 0) is 9.59 Å². The second-order valence-electron chi connectivity index (χ2n) is 7.18. The van der Waals surface area contributed by atoms with Gasteiger partial charge in [-0.1, -0.05) is 36.4 Å². The van der Waals surface area contributed by atoms with Crippen LogP contribution in [0.3, 0.4) is 0 Å². The van der Waals surface area contributed by atoms with Gasteiger partial charge in [-0.05, 0) is 31.2 Å². The van der Waals surface area contributed by atoms with E-state index in [0.29, 0.717) is 12.2 Å². The van der Waals surface area contributed by atoms with Crippen LogP contribution in [0.15, 0.2) is 60.7 Å². The number of nitrogens with one attached hydrogen (secondary N) is 3. The standard InChI is InChI=1S/C22H28N4O3/c1-18(29-20-10-6-3-7-11-20)22(28)24-23-21(27)12-13-25-14-16-26(17-15-25)19-8-4-2-5-9-19/h2-11,18H,12-17H2,1H3,(H,23,27)(H,24,28)/p+1/t18-/m1/s1. The monoisotopic (exact) mass is 397 g/mol. The van der Waals surface area contributed by atoms with Crippen molar-refractivity contribution in [2.75, 3.05) is 37.6 Å². The van der Waals surface area contributed by atoms with Gasteiger partial charge < -0.3 is 14.5 Å². The lowest BCUT2D eigenvalue weighted by atomic mass is 10.2. The molecule has 0 spiro atoms. The maximum atomic E-state index is 12.1. The zero-order valence-corrected chi connectivity index (χ0v) is 16.8. The third kappa shape index (κ3) is 6.50. The smallest absolute Gasteiger partial charge is 0.279 e. The fourth-order valence-corrected chi connectivity index (χ4v) is 3.31. The predicted molar refractivity (Wildman–Crippen MR) is 112 cm³/mol. The molecule has 2 aromatic carbocycles. The number of rotatable bonds is 7. The highest BCUT2D eigenvalue weighted by Crippen LogP contribution is 2.12. The lowest BCUT2D eigenvalue weighted by Crippen LogP contribution is -3.15. The lowest BCUT2D eigenvalue weighted by molar-refractivity contribution is -0.900. The fraction of sp³-hybridized carbons (Fsp3) is 0.364. The highest BCUT2D eigenvalue weighted by molar-refractivity contribution is 5.84. The summed E-state index contributed by atoms with van der Waals surface area (Å²) in [7, 11) is 0. The number of para-hydroxylation sites is 2. The number of anilines is 1. The maximum absolute atomic E-state index is 12.1. The molecular weight excluding hydrogens is 368 g/mol. The SMILES string of the molecule is C[C@@H](Oc1ccccc1)C(=O)NNC(=O)CC[NH+]1CCN(c2ccccc2)CC1. The van der Waals surface area contributed by atoms with E-state index in [2.05, 4.69) is 40.0 Å². The Bertz CT molecular complexity index is 777. The van der Waals surface area contributed by atoms with Crippen molar-refractivity contribution in [1.29, 1.82) is 0 Å². The van der Waals surface area contributed by atoms with E-state index < -0.39 is 6.10 Å². The molecule has 1 heterocycles. The molecule has 1 atom stereocenters. The van der Waals surface area contributed by atoms with Crippen LogP contribution in [0.1, 0.15) is 13.3 Å². The molecule has 1 aliphatic heterocycles. The Labute approximate surface area is 171 Å². The molecule has 7 nitrogen and oxygen atoms in total. The summed E-state index contributed by atoms with van der Waals surface area (Å²) in [4.78, 5) is 27.9. The minimum absolute atomic E-state index is 0.191. The first-order valence-corrected chi connectivity index (χ1v) is 10.1. The Morgan fingerprint density at radius 1 is 1.00 bits per heavy atom. The van der Waals surface area contributed by atoms with Crippen LogP contribution >= 0.6 is 0 Å². The van der Waals surface area contributed by atoms with Crippen LogP contribution in [0.5, 0.6) is 5.75 Å². The van der Waals surface area contributed by atoms with Crippen molar-refractivity contribution in [2.24, 2.45) is 0 Å². The van der Waals surface area contributed by atoms with Crippen LogP contribution in [0.4, 0.5) is 5.69 Å². The fourth-order valence-electron chi connectivity index (χ4n) is 3.31. The summed E-state index contributed by atoms with van der Waals surface area (Å²) in [5, 5.41) is 0. The molecule has 7 heteroatoms. The third-order valence-corrected chi connectivity index (χ3v) is 5.05. The predicted octanol–water partition coefficient (Wildman–Crippen LogP) is 0.397. The van der Waals surface area contributed by atoms with Crippen molar-refractivity contribution in [2.45, 2.75) is 19.4 Å². The minimum atomic E-state index is -0.700. The molecule has 0 radical (unpaired) electrons. The number of carbonyl (C=O) groups excluding carboxylic acids is 2. The Morgan fingerprint density at radius 2 is 1.62 bits per heavy atom. The average molecular weight is 397 g/mol. The van der Waals surface area contributed by atoms with E-state index in [1.54, 1.807) is 19.1 Å². The van der Waals surface area contributed by atoms with Crippen LogP contribution in [0, 0.1) is 0 Å². The highest BCUT2D eigenvalue weighted by atomic mass is 16.5. The number of hydrazine groups is 1. The second-order valence-corrected chi connectivity index (χ2v) is 7.18. The van der Waals surface area contributed by atoms with E-state index in [1.807, 2.05) is 24.3 Å². The minimum Gasteiger partial charge on any atom is -0.481 e. The Kier molecular flexibility index (Phi) is 7.47. The number of quaternary nitrogens is 1. The van der Waals surface area contributed by atoms with Gasteiger partial charge in [0.05, 0.1) is 39.1 Å². The van der Waals surface area contributed by atoms with Crippen LogP contribution in [-0.4, -0.2) is 50.6 Å². The topological polar surface area (TPSA) is 75.1 Å². The van der Waals surface area contributed by atoms with E-state index in [0.717, 1.165) is 32.7 Å². The number of benzene rings is 2. The summed E-state index contributed by atoms with van der Waals surface area (Å²) in [5.41, 5.74) is 6.17. The van der Waals surface area contributed by atoms with Gasteiger partial charge in [-0.2, -0.15) is 0 Å². The molecule has 29 heavy (non-hydrogen) atoms. The Morgan fingerprint density at radius 3 is 2.28 bits per heavy atom. The molecule has 3 N–H and O–H groups in total. The molecule has 2 amide bonds. The summed E-state index contributed by atoms with van der Waals surface area (Å²) in [6.45, 7) is 6.34. The Balaban J connectivity index is 1.31. The van der Waals surface area contributed by atoms with Gasteiger partial charge in [0.25, 0.3) is 5.91 Å². The molecule has 1 aliphatic rings. The molecule has 0 bridgehead atoms. The molecule has 3 rings (SSSR count). The quantitative estimate of drug-likeness (QED) is 0.591. The van der Waals surface area contributed by atoms with E-state index in [1.165, 1.54) is 10.6 Å². The molecule has 154 valence electrons. The summed E-state index contributed by atoms with van der Waals surface area (Å²) in [6, 6.07) is 19.5. The van der Waals surface area contributed by atoms with Crippen molar-refractivity contribution in [3.63, 3.8) is 0 Å². The number of carbonyl (C=O) groups is 2. The number of hydrogen-bond donors (Lipinski definition) is 3. The normalized spacial score (nSPS) is 15.4. The number of nitrogens with zero attached hydrogens (tertiary/aromatic N) is 1. The van der Waals surface area contributed by atoms with Gasteiger partial charge in [-0.3, -0.25) is 20.4 Å². The van der Waals surface area contributed by atoms with Gasteiger partial charge in [0, 0.05) is 5.69 Å². The third-order valence-electron chi connectivity index (χ3n) is 5.05. The second kappa shape index (κ2) is 10.5. The van der Waals surface area contributed by atoms with Crippen molar-refractivity contribution in [3.05, 3.63) is 60.7 Å². The van der Waals surface area contributed by atoms with Crippen molar-refractivity contribution >= 4 is 17.5 Å². The van der Waals surface area contributed by atoms with Crippen molar-refractivity contribution in [3.8, 4) is 5.75 Å². The molecule has 0 saturated carbocycles. The molecule has 0 aliphatic carbocycles. The number of hydrogen-bond acceptors (Lipinski definition) is 4. The largest absolute Gasteiger partial charge is 0.481 e. The van der Waals surface area contributed by atoms with Gasteiger partial charge in [0.15, 0.2) is 6.10 Å². The van der Waals surface area contributed by atoms with E-state index in [-0.39, 0.29) is 11.8 Å². The molecule has 0 aromatic heterocycles. The molecule has 1 fully saturated rings. The summed E-state index contributed by atoms with van der Waals surface area (Å²) in [6.07, 6.45) is -0.330. The first-order chi connectivity index (χ1) is 14.1. The van der Waals surface area contributed by atoms with Crippen molar-refractivity contribution < 1.29 is 19.2 Å². The summed E-state index contributed by atoms with van der Waals surface area (Å²) in [5.74, 6) is 0.0361. The summed E-state index contributed by atoms with van der Waals surface area (Å²) < 4.78 is 5.54. The molecule has 2 aromatic rings. The zero-order valence-electron chi connectivity index (χ0n) is 16.8. The number of amides is 2. The van der Waals surface area contributed by atoms with E-state index in [9.17, 15) is 9.59 Å². The van der Waals surface area contributed by atoms with Gasteiger partial charge in [-0.25, -0.2) is 0 Å². The van der Waals surface area contributed by atoms with Gasteiger partial charge >= 0.3 is 0 Å². The first kappa shape index (κ1) is 20.7.